The second kappa shape index (κ2) is 6.56. The largest absolute Gasteiger partial charge is 0.692 e. The first-order valence-corrected chi connectivity index (χ1v) is 2.89. The van der Waals surface area contributed by atoms with Crippen LogP contribution in [-0.2, 0) is 4.57 Å². The number of rotatable bonds is 0. The Bertz CT molecular complexity index is 72.5. The Morgan fingerprint density at radius 1 is 1.75 bits per heavy atom. The summed E-state index contributed by atoms with van der Waals surface area (Å²) in [6, 6.07) is 0. The standard InChI is InChI=1S/C3H7N.HO3P/c1-3(2)4;1-4(2)3/h1,4H2,2H3;(H-,1,2,3)/p+1. The highest BCUT2D eigenvalue weighted by atomic mass is 31.1. The summed E-state index contributed by atoms with van der Waals surface area (Å²) in [5.74, 6) is 0. The average molecular weight is 138 g/mol. The molecular formula is C3H9NO3P+. The summed E-state index contributed by atoms with van der Waals surface area (Å²) in [7, 11) is -2.87. The third-order valence-electron chi connectivity index (χ3n) is 0. The van der Waals surface area contributed by atoms with Gasteiger partial charge in [-0.05, 0) is 12.6 Å². The van der Waals surface area contributed by atoms with E-state index in [0.29, 0.717) is 5.70 Å². The molecule has 0 aliphatic carbocycles. The fraction of sp³-hybridized carbons (Fsp3) is 0.333. The van der Waals surface area contributed by atoms with Gasteiger partial charge >= 0.3 is 8.25 Å². The van der Waals surface area contributed by atoms with Crippen LogP contribution in [-0.4, -0.2) is 9.79 Å². The van der Waals surface area contributed by atoms with E-state index < -0.39 is 8.25 Å². The molecule has 0 aromatic heterocycles. The molecule has 0 amide bonds. The normalized spacial score (nSPS) is 6.38. The van der Waals surface area contributed by atoms with E-state index in [4.69, 9.17) is 20.1 Å². The number of hydrogen-bond acceptors (Lipinski definition) is 2. The van der Waals surface area contributed by atoms with Crippen molar-refractivity contribution in [2.75, 3.05) is 0 Å². The van der Waals surface area contributed by atoms with Crippen molar-refractivity contribution in [3.8, 4) is 0 Å². The Balaban J connectivity index is 0. The molecule has 0 saturated heterocycles. The second-order valence-electron chi connectivity index (χ2n) is 1.10. The monoisotopic (exact) mass is 138 g/mol. The van der Waals surface area contributed by atoms with Crippen molar-refractivity contribution in [3.63, 3.8) is 0 Å². The van der Waals surface area contributed by atoms with Gasteiger partial charge in [-0.3, -0.25) is 0 Å². The predicted octanol–water partition coefficient (Wildman–Crippen LogP) is 0.107. The molecule has 0 heterocycles. The van der Waals surface area contributed by atoms with Crippen LogP contribution in [0.4, 0.5) is 0 Å². The molecule has 0 aliphatic rings. The van der Waals surface area contributed by atoms with Gasteiger partial charge in [0.25, 0.3) is 0 Å². The van der Waals surface area contributed by atoms with E-state index in [1.807, 2.05) is 0 Å². The smallest absolute Gasteiger partial charge is 0.403 e. The summed E-state index contributed by atoms with van der Waals surface area (Å²) < 4.78 is 8.70. The van der Waals surface area contributed by atoms with Crippen LogP contribution in [0.2, 0.25) is 0 Å². The van der Waals surface area contributed by atoms with Gasteiger partial charge in [0.2, 0.25) is 0 Å². The van der Waals surface area contributed by atoms with Crippen LogP contribution in [0.25, 0.3) is 0 Å². The van der Waals surface area contributed by atoms with Crippen LogP contribution in [0, 0.1) is 0 Å². The zero-order chi connectivity index (χ0) is 7.15. The molecule has 0 fully saturated rings. The number of allylic oxidation sites excluding steroid dienone is 1. The first kappa shape index (κ1) is 10.5. The SMILES string of the molecule is C=C(C)N.O=[P+](O)O. The molecule has 0 aromatic carbocycles. The molecule has 0 radical (unpaired) electrons. The van der Waals surface area contributed by atoms with Crippen molar-refractivity contribution < 1.29 is 14.4 Å². The Morgan fingerprint density at radius 3 is 1.75 bits per heavy atom. The molecule has 0 aromatic rings. The molecular weight excluding hydrogens is 129 g/mol. The second-order valence-corrected chi connectivity index (χ2v) is 1.60. The molecule has 4 N–H and O–H groups in total. The summed E-state index contributed by atoms with van der Waals surface area (Å²) in [5.41, 5.74) is 5.58. The molecule has 5 heteroatoms. The molecule has 8 heavy (non-hydrogen) atoms. The third-order valence-corrected chi connectivity index (χ3v) is 0. The Kier molecular flexibility index (Phi) is 8.63. The summed E-state index contributed by atoms with van der Waals surface area (Å²) in [6.45, 7) is 5.08. The van der Waals surface area contributed by atoms with Gasteiger partial charge in [-0.15, -0.1) is 9.79 Å². The van der Waals surface area contributed by atoms with Crippen molar-refractivity contribution in [2.24, 2.45) is 5.73 Å². The van der Waals surface area contributed by atoms with E-state index in [-0.39, 0.29) is 0 Å². The molecule has 48 valence electrons. The lowest BCUT2D eigenvalue weighted by molar-refractivity contribution is 0.405. The maximum atomic E-state index is 8.70. The van der Waals surface area contributed by atoms with Gasteiger partial charge in [0.1, 0.15) is 0 Å². The van der Waals surface area contributed by atoms with Crippen molar-refractivity contribution in [1.82, 2.24) is 0 Å². The molecule has 4 nitrogen and oxygen atoms in total. The maximum Gasteiger partial charge on any atom is 0.692 e. The molecule has 0 spiro atoms. The highest BCUT2D eigenvalue weighted by molar-refractivity contribution is 7.30. The first-order valence-electron chi connectivity index (χ1n) is 1.72. The fourth-order valence-electron chi connectivity index (χ4n) is 0. The van der Waals surface area contributed by atoms with Gasteiger partial charge in [-0.2, -0.15) is 0 Å². The lowest BCUT2D eigenvalue weighted by atomic mass is 10.6. The van der Waals surface area contributed by atoms with Gasteiger partial charge in [-0.25, -0.2) is 0 Å². The van der Waals surface area contributed by atoms with Crippen LogP contribution < -0.4 is 5.73 Å². The minimum Gasteiger partial charge on any atom is -0.403 e. The summed E-state index contributed by atoms with van der Waals surface area (Å²) in [5, 5.41) is 0. The van der Waals surface area contributed by atoms with E-state index in [0.717, 1.165) is 0 Å². The van der Waals surface area contributed by atoms with Gasteiger partial charge in [0.15, 0.2) is 0 Å². The summed E-state index contributed by atoms with van der Waals surface area (Å²) >= 11 is 0. The lowest BCUT2D eigenvalue weighted by Gasteiger charge is -1.69. The van der Waals surface area contributed by atoms with Crippen molar-refractivity contribution in [2.45, 2.75) is 6.92 Å². The Hall–Kier alpha value is -0.440. The average Bonchev–Trinajstić information content (AvgIpc) is 1.25. The van der Waals surface area contributed by atoms with Gasteiger partial charge in [0.05, 0.1) is 0 Å². The number of nitrogens with two attached hydrogens (primary N) is 1. The number of hydrogen-bond donors (Lipinski definition) is 3. The molecule has 0 atom stereocenters. The van der Waals surface area contributed by atoms with Crippen LogP contribution in [0.3, 0.4) is 0 Å². The first-order chi connectivity index (χ1) is 3.46. The highest BCUT2D eigenvalue weighted by Crippen LogP contribution is 1.98. The summed E-state index contributed by atoms with van der Waals surface area (Å²) in [6.07, 6.45) is 0. The van der Waals surface area contributed by atoms with E-state index in [1.54, 1.807) is 6.92 Å². The summed E-state index contributed by atoms with van der Waals surface area (Å²) in [4.78, 5) is 14.2. The van der Waals surface area contributed by atoms with Crippen LogP contribution in [0.15, 0.2) is 12.3 Å². The van der Waals surface area contributed by atoms with Gasteiger partial charge in [0, 0.05) is 4.57 Å². The quantitative estimate of drug-likeness (QED) is 0.415. The molecule has 0 bridgehead atoms. The van der Waals surface area contributed by atoms with Gasteiger partial charge < -0.3 is 5.73 Å². The third kappa shape index (κ3) is 597. The van der Waals surface area contributed by atoms with Gasteiger partial charge in [-0.1, -0.05) is 6.58 Å². The van der Waals surface area contributed by atoms with Crippen LogP contribution in [0.5, 0.6) is 0 Å². The lowest BCUT2D eigenvalue weighted by Crippen LogP contribution is -1.83. The zero-order valence-corrected chi connectivity index (χ0v) is 5.43. The van der Waals surface area contributed by atoms with Crippen molar-refractivity contribution >= 4 is 8.25 Å². The van der Waals surface area contributed by atoms with Crippen molar-refractivity contribution in [3.05, 3.63) is 12.3 Å². The highest BCUT2D eigenvalue weighted by Gasteiger charge is 1.93. The molecule has 0 rings (SSSR count). The zero-order valence-electron chi connectivity index (χ0n) is 4.53. The van der Waals surface area contributed by atoms with Crippen LogP contribution in [0.1, 0.15) is 6.92 Å². The topological polar surface area (TPSA) is 83.6 Å². The molecule has 0 saturated carbocycles. The predicted molar refractivity (Wildman–Crippen MR) is 31.0 cm³/mol. The van der Waals surface area contributed by atoms with E-state index in [1.165, 1.54) is 0 Å². The van der Waals surface area contributed by atoms with E-state index >= 15 is 0 Å². The molecule has 0 aliphatic heterocycles. The Morgan fingerprint density at radius 2 is 1.75 bits per heavy atom. The molecule has 0 unspecified atom stereocenters. The van der Waals surface area contributed by atoms with E-state index in [9.17, 15) is 0 Å². The Labute approximate surface area is 48.6 Å². The minimum absolute atomic E-state index is 0.667. The fourth-order valence-corrected chi connectivity index (χ4v) is 0. The van der Waals surface area contributed by atoms with Crippen molar-refractivity contribution in [1.29, 1.82) is 0 Å². The minimum atomic E-state index is -2.87. The van der Waals surface area contributed by atoms with E-state index in [2.05, 4.69) is 6.58 Å². The van der Waals surface area contributed by atoms with Crippen LogP contribution >= 0.6 is 8.25 Å². The maximum absolute atomic E-state index is 8.70.